The highest BCUT2D eigenvalue weighted by Gasteiger charge is 2.32. The minimum atomic E-state index is -0.147. The number of benzene rings is 3. The number of carbonyl (C=O) groups excluding carboxylic acids is 1. The lowest BCUT2D eigenvalue weighted by molar-refractivity contribution is -0.130. The molecule has 0 fully saturated rings. The fourth-order valence-corrected chi connectivity index (χ4v) is 3.82. The van der Waals surface area contributed by atoms with E-state index in [1.807, 2.05) is 36.4 Å². The van der Waals surface area contributed by atoms with Crippen molar-refractivity contribution in [2.45, 2.75) is 19.4 Å². The summed E-state index contributed by atoms with van der Waals surface area (Å²) in [7, 11) is 0. The fraction of sp³-hybridized carbons (Fsp3) is 0.182. The molecule has 0 saturated carbocycles. The molecule has 0 saturated heterocycles. The van der Waals surface area contributed by atoms with Crippen LogP contribution >= 0.6 is 0 Å². The number of rotatable bonds is 2. The molecule has 0 aromatic heterocycles. The molecule has 0 N–H and O–H groups in total. The van der Waals surface area contributed by atoms with Gasteiger partial charge in [-0.25, -0.2) is 5.01 Å². The predicted molar refractivity (Wildman–Crippen MR) is 103 cm³/mol. The summed E-state index contributed by atoms with van der Waals surface area (Å²) < 4.78 is 10.9. The zero-order valence-electron chi connectivity index (χ0n) is 14.9. The molecule has 27 heavy (non-hydrogen) atoms. The molecule has 5 rings (SSSR count). The summed E-state index contributed by atoms with van der Waals surface area (Å²) in [6.07, 6.45) is 0.660. The number of fused-ring (bicyclic) bond motifs is 2. The molecule has 0 spiro atoms. The van der Waals surface area contributed by atoms with Gasteiger partial charge in [-0.3, -0.25) is 4.79 Å². The standard InChI is InChI=1S/C22H18N2O3/c1-14(25)24-20(16-9-10-21-22(11-16)27-13-26-21)12-19(23-24)18-8-4-6-15-5-2-3-7-17(15)18/h2-11,20H,12-13H2,1H3. The van der Waals surface area contributed by atoms with E-state index in [1.165, 1.54) is 5.39 Å². The molecule has 2 aliphatic rings. The van der Waals surface area contributed by atoms with Gasteiger partial charge in [0.1, 0.15) is 0 Å². The summed E-state index contributed by atoms with van der Waals surface area (Å²) in [5.41, 5.74) is 2.99. The average molecular weight is 358 g/mol. The zero-order chi connectivity index (χ0) is 18.4. The summed E-state index contributed by atoms with van der Waals surface area (Å²) >= 11 is 0. The highest BCUT2D eigenvalue weighted by molar-refractivity contribution is 6.12. The van der Waals surface area contributed by atoms with E-state index >= 15 is 0 Å². The van der Waals surface area contributed by atoms with Crippen LogP contribution in [0.1, 0.15) is 30.5 Å². The number of carbonyl (C=O) groups is 1. The van der Waals surface area contributed by atoms with Crippen LogP contribution in [-0.4, -0.2) is 23.4 Å². The summed E-state index contributed by atoms with van der Waals surface area (Å²) in [4.78, 5) is 12.3. The topological polar surface area (TPSA) is 51.1 Å². The highest BCUT2D eigenvalue weighted by atomic mass is 16.7. The maximum atomic E-state index is 12.3. The molecule has 0 radical (unpaired) electrons. The second-order valence-electron chi connectivity index (χ2n) is 6.77. The van der Waals surface area contributed by atoms with Crippen LogP contribution in [0, 0.1) is 0 Å². The first-order chi connectivity index (χ1) is 13.2. The third-order valence-corrected chi connectivity index (χ3v) is 5.11. The molecule has 134 valence electrons. The van der Waals surface area contributed by atoms with Gasteiger partial charge in [-0.15, -0.1) is 0 Å². The lowest BCUT2D eigenvalue weighted by Gasteiger charge is -2.20. The van der Waals surface area contributed by atoms with Gasteiger partial charge >= 0.3 is 0 Å². The highest BCUT2D eigenvalue weighted by Crippen LogP contribution is 2.39. The Morgan fingerprint density at radius 1 is 1.04 bits per heavy atom. The van der Waals surface area contributed by atoms with Crippen LogP contribution in [0.3, 0.4) is 0 Å². The van der Waals surface area contributed by atoms with E-state index in [2.05, 4.69) is 29.4 Å². The van der Waals surface area contributed by atoms with Gasteiger partial charge in [-0.1, -0.05) is 48.5 Å². The Kier molecular flexibility index (Phi) is 3.60. The van der Waals surface area contributed by atoms with Crippen molar-refractivity contribution in [1.82, 2.24) is 5.01 Å². The molecule has 0 aliphatic carbocycles. The Balaban J connectivity index is 1.56. The van der Waals surface area contributed by atoms with Gasteiger partial charge in [-0.05, 0) is 28.5 Å². The molecule has 1 amide bonds. The van der Waals surface area contributed by atoms with Crippen LogP contribution in [0.15, 0.2) is 65.8 Å². The normalized spacial score (nSPS) is 18.0. The van der Waals surface area contributed by atoms with Gasteiger partial charge in [0.25, 0.3) is 0 Å². The molecule has 3 aromatic rings. The second kappa shape index (κ2) is 6.13. The Labute approximate surface area is 156 Å². The summed E-state index contributed by atoms with van der Waals surface area (Å²) in [6.45, 7) is 1.78. The molecule has 1 unspecified atom stereocenters. The van der Waals surface area contributed by atoms with Crippen molar-refractivity contribution in [1.29, 1.82) is 0 Å². The number of amides is 1. The van der Waals surface area contributed by atoms with E-state index < -0.39 is 0 Å². The van der Waals surface area contributed by atoms with Crippen molar-refractivity contribution in [2.75, 3.05) is 6.79 Å². The van der Waals surface area contributed by atoms with Gasteiger partial charge in [0.2, 0.25) is 12.7 Å². The van der Waals surface area contributed by atoms with Gasteiger partial charge in [0, 0.05) is 18.9 Å². The first kappa shape index (κ1) is 15.9. The van der Waals surface area contributed by atoms with E-state index in [0.29, 0.717) is 6.42 Å². The van der Waals surface area contributed by atoms with Crippen LogP contribution in [0.25, 0.3) is 10.8 Å². The summed E-state index contributed by atoms with van der Waals surface area (Å²) in [5, 5.41) is 8.58. The number of nitrogens with zero attached hydrogens (tertiary/aromatic N) is 2. The first-order valence-corrected chi connectivity index (χ1v) is 8.96. The number of hydrazone groups is 1. The molecular formula is C22H18N2O3. The molecule has 3 aromatic carbocycles. The van der Waals surface area contributed by atoms with Gasteiger partial charge in [0.05, 0.1) is 11.8 Å². The number of hydrogen-bond donors (Lipinski definition) is 0. The minimum absolute atomic E-state index is 0.0760. The van der Waals surface area contributed by atoms with Gasteiger partial charge in [-0.2, -0.15) is 5.10 Å². The Morgan fingerprint density at radius 3 is 2.74 bits per heavy atom. The predicted octanol–water partition coefficient (Wildman–Crippen LogP) is 4.27. The number of hydrogen-bond acceptors (Lipinski definition) is 4. The maximum Gasteiger partial charge on any atom is 0.240 e. The van der Waals surface area contributed by atoms with E-state index in [9.17, 15) is 4.79 Å². The second-order valence-corrected chi connectivity index (χ2v) is 6.77. The van der Waals surface area contributed by atoms with E-state index in [1.54, 1.807) is 11.9 Å². The quantitative estimate of drug-likeness (QED) is 0.687. The molecule has 1 atom stereocenters. The van der Waals surface area contributed by atoms with Crippen molar-refractivity contribution in [3.05, 3.63) is 71.8 Å². The Hall–Kier alpha value is -3.34. The lowest BCUT2D eigenvalue weighted by Crippen LogP contribution is -2.24. The minimum Gasteiger partial charge on any atom is -0.454 e. The third kappa shape index (κ3) is 2.63. The van der Waals surface area contributed by atoms with Crippen molar-refractivity contribution in [3.63, 3.8) is 0 Å². The van der Waals surface area contributed by atoms with Gasteiger partial charge in [0.15, 0.2) is 11.5 Å². The average Bonchev–Trinajstić information content (AvgIpc) is 3.34. The Bertz CT molecular complexity index is 1080. The molecule has 2 aliphatic heterocycles. The monoisotopic (exact) mass is 358 g/mol. The number of ether oxygens (including phenoxy) is 2. The van der Waals surface area contributed by atoms with E-state index in [0.717, 1.165) is 33.7 Å². The van der Waals surface area contributed by atoms with Crippen molar-refractivity contribution in [2.24, 2.45) is 5.10 Å². The van der Waals surface area contributed by atoms with E-state index in [4.69, 9.17) is 9.47 Å². The van der Waals surface area contributed by atoms with Crippen LogP contribution < -0.4 is 9.47 Å². The summed E-state index contributed by atoms with van der Waals surface area (Å²) in [5.74, 6) is 1.38. The van der Waals surface area contributed by atoms with Crippen molar-refractivity contribution in [3.8, 4) is 11.5 Å². The van der Waals surface area contributed by atoms with Gasteiger partial charge < -0.3 is 9.47 Å². The third-order valence-electron chi connectivity index (χ3n) is 5.11. The van der Waals surface area contributed by atoms with Crippen LogP contribution in [0.2, 0.25) is 0 Å². The molecule has 5 nitrogen and oxygen atoms in total. The van der Waals surface area contributed by atoms with Crippen LogP contribution in [0.5, 0.6) is 11.5 Å². The molecule has 0 bridgehead atoms. The smallest absolute Gasteiger partial charge is 0.240 e. The van der Waals surface area contributed by atoms with Crippen molar-refractivity contribution < 1.29 is 14.3 Å². The largest absolute Gasteiger partial charge is 0.454 e. The summed E-state index contributed by atoms with van der Waals surface area (Å²) in [6, 6.07) is 20.1. The molecule has 2 heterocycles. The van der Waals surface area contributed by atoms with Crippen molar-refractivity contribution >= 4 is 22.4 Å². The molecular weight excluding hydrogens is 340 g/mol. The lowest BCUT2D eigenvalue weighted by atomic mass is 9.95. The fourth-order valence-electron chi connectivity index (χ4n) is 3.82. The van der Waals surface area contributed by atoms with Crippen LogP contribution in [-0.2, 0) is 4.79 Å². The maximum absolute atomic E-state index is 12.3. The first-order valence-electron chi connectivity index (χ1n) is 8.96. The zero-order valence-corrected chi connectivity index (χ0v) is 14.9. The van der Waals surface area contributed by atoms with Crippen LogP contribution in [0.4, 0.5) is 0 Å². The van der Waals surface area contributed by atoms with E-state index in [-0.39, 0.29) is 18.7 Å². The molecule has 5 heteroatoms. The SMILES string of the molecule is CC(=O)N1N=C(c2cccc3ccccc23)CC1c1ccc2c(c1)OCO2. The Morgan fingerprint density at radius 2 is 1.85 bits per heavy atom.